The fraction of sp³-hybridized carbons (Fsp3) is 0.160. The molecule has 3 aromatic rings. The molecule has 0 saturated carbocycles. The maximum absolute atomic E-state index is 12.6. The van der Waals surface area contributed by atoms with Crippen LogP contribution in [0, 0.1) is 0 Å². The second-order valence-electron chi connectivity index (χ2n) is 6.57. The van der Waals surface area contributed by atoms with Gasteiger partial charge in [-0.1, -0.05) is 30.3 Å². The number of phenolic OH excluding ortho intramolecular Hbond substituents is 1. The first-order chi connectivity index (χ1) is 15.1. The van der Waals surface area contributed by atoms with E-state index in [9.17, 15) is 9.90 Å². The van der Waals surface area contributed by atoms with E-state index >= 15 is 0 Å². The fourth-order valence-electron chi connectivity index (χ4n) is 3.03. The molecule has 0 bridgehead atoms. The number of methoxy groups -OCH3 is 3. The lowest BCUT2D eigenvalue weighted by molar-refractivity contribution is 0.104. The van der Waals surface area contributed by atoms with Crippen LogP contribution in [0.25, 0.3) is 6.08 Å². The Kier molecular flexibility index (Phi) is 7.17. The number of aromatic hydroxyl groups is 1. The highest BCUT2D eigenvalue weighted by atomic mass is 16.5. The molecule has 0 fully saturated rings. The topological polar surface area (TPSA) is 74.2 Å². The SMILES string of the molecule is COc1ccc(C(=O)C=Cc2ccc(OC)c(OC)c2OCc2ccccc2)c(O)c1. The summed E-state index contributed by atoms with van der Waals surface area (Å²) < 4.78 is 22.0. The van der Waals surface area contributed by atoms with Gasteiger partial charge in [-0.25, -0.2) is 0 Å². The van der Waals surface area contributed by atoms with Crippen LogP contribution >= 0.6 is 0 Å². The first-order valence-corrected chi connectivity index (χ1v) is 9.58. The first-order valence-electron chi connectivity index (χ1n) is 9.58. The second-order valence-corrected chi connectivity index (χ2v) is 6.57. The number of benzene rings is 3. The molecule has 6 nitrogen and oxygen atoms in total. The number of rotatable bonds is 9. The van der Waals surface area contributed by atoms with Crippen LogP contribution in [0.4, 0.5) is 0 Å². The van der Waals surface area contributed by atoms with Crippen molar-refractivity contribution < 1.29 is 28.8 Å². The van der Waals surface area contributed by atoms with Crippen molar-refractivity contribution in [2.24, 2.45) is 0 Å². The maximum atomic E-state index is 12.6. The molecule has 1 N–H and O–H groups in total. The van der Waals surface area contributed by atoms with Crippen molar-refractivity contribution in [3.8, 4) is 28.7 Å². The minimum Gasteiger partial charge on any atom is -0.507 e. The van der Waals surface area contributed by atoms with Crippen molar-refractivity contribution in [2.45, 2.75) is 6.61 Å². The fourth-order valence-corrected chi connectivity index (χ4v) is 3.03. The number of phenols is 1. The number of hydrogen-bond acceptors (Lipinski definition) is 6. The molecule has 0 spiro atoms. The quantitative estimate of drug-likeness (QED) is 0.392. The molecule has 0 unspecified atom stereocenters. The Morgan fingerprint density at radius 2 is 1.68 bits per heavy atom. The highest BCUT2D eigenvalue weighted by Crippen LogP contribution is 2.41. The van der Waals surface area contributed by atoms with E-state index in [-0.39, 0.29) is 17.1 Å². The molecule has 0 aliphatic carbocycles. The summed E-state index contributed by atoms with van der Waals surface area (Å²) in [6.45, 7) is 0.318. The van der Waals surface area contributed by atoms with Gasteiger partial charge in [-0.05, 0) is 42.0 Å². The highest BCUT2D eigenvalue weighted by Gasteiger charge is 2.16. The van der Waals surface area contributed by atoms with Gasteiger partial charge >= 0.3 is 0 Å². The lowest BCUT2D eigenvalue weighted by Gasteiger charge is -2.16. The van der Waals surface area contributed by atoms with Gasteiger partial charge in [0.2, 0.25) is 5.75 Å². The maximum Gasteiger partial charge on any atom is 0.203 e. The third kappa shape index (κ3) is 5.17. The van der Waals surface area contributed by atoms with Gasteiger partial charge in [0.1, 0.15) is 18.1 Å². The molecule has 0 heterocycles. The molecule has 160 valence electrons. The van der Waals surface area contributed by atoms with E-state index in [0.717, 1.165) is 5.56 Å². The van der Waals surface area contributed by atoms with E-state index in [0.29, 0.717) is 35.2 Å². The van der Waals surface area contributed by atoms with Crippen LogP contribution in [-0.2, 0) is 6.61 Å². The Bertz CT molecular complexity index is 1070. The van der Waals surface area contributed by atoms with Gasteiger partial charge in [-0.2, -0.15) is 0 Å². The summed E-state index contributed by atoms with van der Waals surface area (Å²) in [7, 11) is 4.57. The van der Waals surface area contributed by atoms with Crippen molar-refractivity contribution in [3.63, 3.8) is 0 Å². The summed E-state index contributed by atoms with van der Waals surface area (Å²) in [5, 5.41) is 10.1. The number of hydrogen-bond donors (Lipinski definition) is 1. The molecule has 3 aromatic carbocycles. The molecule has 0 atom stereocenters. The molecular weight excluding hydrogens is 396 g/mol. The van der Waals surface area contributed by atoms with Crippen LogP contribution < -0.4 is 18.9 Å². The Morgan fingerprint density at radius 3 is 2.32 bits per heavy atom. The third-order valence-corrected chi connectivity index (χ3v) is 4.64. The zero-order chi connectivity index (χ0) is 22.2. The van der Waals surface area contributed by atoms with Gasteiger partial charge in [0, 0.05) is 11.6 Å². The molecule has 0 radical (unpaired) electrons. The number of carbonyl (C=O) groups is 1. The molecule has 0 amide bonds. The second kappa shape index (κ2) is 10.2. The largest absolute Gasteiger partial charge is 0.507 e. The lowest BCUT2D eigenvalue weighted by Crippen LogP contribution is -2.01. The number of allylic oxidation sites excluding steroid dienone is 1. The molecule has 31 heavy (non-hydrogen) atoms. The minimum atomic E-state index is -0.357. The van der Waals surface area contributed by atoms with Gasteiger partial charge in [-0.3, -0.25) is 4.79 Å². The summed E-state index contributed by atoms with van der Waals surface area (Å²) in [4.78, 5) is 12.6. The van der Waals surface area contributed by atoms with Gasteiger partial charge in [0.05, 0.1) is 26.9 Å². The van der Waals surface area contributed by atoms with Crippen molar-refractivity contribution in [2.75, 3.05) is 21.3 Å². The summed E-state index contributed by atoms with van der Waals surface area (Å²) in [5.41, 5.74) is 1.79. The van der Waals surface area contributed by atoms with Crippen molar-refractivity contribution in [3.05, 3.63) is 83.4 Å². The van der Waals surface area contributed by atoms with E-state index < -0.39 is 0 Å². The van der Waals surface area contributed by atoms with Crippen molar-refractivity contribution in [1.82, 2.24) is 0 Å². The van der Waals surface area contributed by atoms with Crippen molar-refractivity contribution >= 4 is 11.9 Å². The average molecular weight is 420 g/mol. The average Bonchev–Trinajstić information content (AvgIpc) is 2.81. The predicted octanol–water partition coefficient (Wildman–Crippen LogP) is 4.89. The third-order valence-electron chi connectivity index (χ3n) is 4.64. The Labute approximate surface area is 181 Å². The Morgan fingerprint density at radius 1 is 0.903 bits per heavy atom. The zero-order valence-electron chi connectivity index (χ0n) is 17.6. The monoisotopic (exact) mass is 420 g/mol. The molecule has 3 rings (SSSR count). The van der Waals surface area contributed by atoms with Crippen LogP contribution in [0.5, 0.6) is 28.7 Å². The molecule has 0 aromatic heterocycles. The highest BCUT2D eigenvalue weighted by molar-refractivity contribution is 6.08. The molecule has 0 aliphatic heterocycles. The standard InChI is InChI=1S/C25H24O6/c1-28-19-11-12-20(22(27)15-19)21(26)13-9-18-10-14-23(29-2)25(30-3)24(18)31-16-17-7-5-4-6-8-17/h4-15,27H,16H2,1-3H3. The van der Waals surface area contributed by atoms with Gasteiger partial charge in [-0.15, -0.1) is 0 Å². The minimum absolute atomic E-state index is 0.151. The van der Waals surface area contributed by atoms with Crippen LogP contribution in [0.3, 0.4) is 0 Å². The summed E-state index contributed by atoms with van der Waals surface area (Å²) >= 11 is 0. The summed E-state index contributed by atoms with van der Waals surface area (Å²) in [5.74, 6) is 1.36. The van der Waals surface area contributed by atoms with Gasteiger partial charge < -0.3 is 24.1 Å². The van der Waals surface area contributed by atoms with E-state index in [4.69, 9.17) is 18.9 Å². The normalized spacial score (nSPS) is 10.7. The smallest absolute Gasteiger partial charge is 0.203 e. The first kappa shape index (κ1) is 21.8. The number of carbonyl (C=O) groups excluding carboxylic acids is 1. The van der Waals surface area contributed by atoms with Gasteiger partial charge in [0.25, 0.3) is 0 Å². The molecule has 6 heteroatoms. The molecule has 0 saturated heterocycles. The van der Waals surface area contributed by atoms with E-state index in [1.165, 1.54) is 32.4 Å². The van der Waals surface area contributed by atoms with Crippen LogP contribution in [-0.4, -0.2) is 32.2 Å². The Balaban J connectivity index is 1.91. The van der Waals surface area contributed by atoms with Crippen molar-refractivity contribution in [1.29, 1.82) is 0 Å². The molecule has 0 aliphatic rings. The predicted molar refractivity (Wildman–Crippen MR) is 118 cm³/mol. The van der Waals surface area contributed by atoms with Gasteiger partial charge in [0.15, 0.2) is 17.3 Å². The van der Waals surface area contributed by atoms with E-state index in [1.807, 2.05) is 30.3 Å². The zero-order valence-corrected chi connectivity index (χ0v) is 17.6. The summed E-state index contributed by atoms with van der Waals surface area (Å²) in [6, 6.07) is 17.8. The van der Waals surface area contributed by atoms with Crippen LogP contribution in [0.1, 0.15) is 21.5 Å². The number of ether oxygens (including phenoxy) is 4. The van der Waals surface area contributed by atoms with Crippen LogP contribution in [0.2, 0.25) is 0 Å². The Hall–Kier alpha value is -3.93. The lowest BCUT2D eigenvalue weighted by atomic mass is 10.1. The molecular formula is C25H24O6. The number of ketones is 1. The van der Waals surface area contributed by atoms with E-state index in [2.05, 4.69) is 0 Å². The summed E-state index contributed by atoms with van der Waals surface area (Å²) in [6.07, 6.45) is 2.99. The van der Waals surface area contributed by atoms with Crippen LogP contribution in [0.15, 0.2) is 66.7 Å². The van der Waals surface area contributed by atoms with E-state index in [1.54, 1.807) is 31.4 Å².